The summed E-state index contributed by atoms with van der Waals surface area (Å²) in [5, 5.41) is 11.4. The van der Waals surface area contributed by atoms with Gasteiger partial charge in [0.1, 0.15) is 12.1 Å². The lowest BCUT2D eigenvalue weighted by atomic mass is 10.1. The van der Waals surface area contributed by atoms with E-state index >= 15 is 0 Å². The summed E-state index contributed by atoms with van der Waals surface area (Å²) in [7, 11) is 0. The highest BCUT2D eigenvalue weighted by molar-refractivity contribution is 8.14. The summed E-state index contributed by atoms with van der Waals surface area (Å²) in [5.41, 5.74) is 0. The highest BCUT2D eigenvalue weighted by Crippen LogP contribution is 2.35. The Kier molecular flexibility index (Phi) is 7.82. The highest BCUT2D eigenvalue weighted by atomic mass is 32.2. The van der Waals surface area contributed by atoms with Gasteiger partial charge in [0, 0.05) is 6.92 Å². The van der Waals surface area contributed by atoms with Crippen molar-refractivity contribution in [1.29, 1.82) is 0 Å². The van der Waals surface area contributed by atoms with Gasteiger partial charge in [-0.3, -0.25) is 14.4 Å². The van der Waals surface area contributed by atoms with Crippen LogP contribution in [0, 0.1) is 0 Å². The predicted octanol–water partition coefficient (Wildman–Crippen LogP) is 1.85. The topological polar surface area (TPSA) is 104 Å². The van der Waals surface area contributed by atoms with Crippen molar-refractivity contribution in [3.05, 3.63) is 0 Å². The van der Waals surface area contributed by atoms with Gasteiger partial charge in [0.25, 0.3) is 0 Å². The summed E-state index contributed by atoms with van der Waals surface area (Å²) >= 11 is 2.57. The number of fused-ring (bicyclic) bond motifs is 1. The lowest BCUT2D eigenvalue weighted by Gasteiger charge is -2.29. The smallest absolute Gasteiger partial charge is 0.326 e. The first-order valence-electron chi connectivity index (χ1n) is 8.99. The van der Waals surface area contributed by atoms with E-state index in [9.17, 15) is 24.3 Å². The van der Waals surface area contributed by atoms with Crippen LogP contribution in [-0.2, 0) is 19.2 Å². The van der Waals surface area contributed by atoms with Gasteiger partial charge in [-0.15, -0.1) is 11.8 Å². The Morgan fingerprint density at radius 3 is 2.69 bits per heavy atom. The summed E-state index contributed by atoms with van der Waals surface area (Å²) < 4.78 is 0. The molecule has 2 heterocycles. The first-order chi connectivity index (χ1) is 12.3. The van der Waals surface area contributed by atoms with Crippen LogP contribution in [-0.4, -0.2) is 61.4 Å². The Balaban J connectivity index is 2.08. The molecule has 0 bridgehead atoms. The summed E-state index contributed by atoms with van der Waals surface area (Å²) in [6, 6.07) is -1.54. The molecule has 0 aromatic rings. The number of carboxylic acids is 1. The first-order valence-corrected chi connectivity index (χ1v) is 10.9. The molecule has 0 aromatic carbocycles. The molecule has 7 nitrogen and oxygen atoms in total. The average molecular weight is 403 g/mol. The molecule has 2 N–H and O–H groups in total. The molecule has 0 aromatic heterocycles. The molecule has 2 saturated heterocycles. The van der Waals surface area contributed by atoms with Crippen molar-refractivity contribution in [1.82, 2.24) is 10.2 Å². The normalized spacial score (nSPS) is 26.8. The van der Waals surface area contributed by atoms with Crippen molar-refractivity contribution in [2.75, 3.05) is 5.75 Å². The van der Waals surface area contributed by atoms with Gasteiger partial charge in [-0.2, -0.15) is 0 Å². The average Bonchev–Trinajstić information content (AvgIpc) is 2.94. The second-order valence-electron chi connectivity index (χ2n) is 6.59. The Morgan fingerprint density at radius 2 is 2.08 bits per heavy atom. The van der Waals surface area contributed by atoms with Crippen LogP contribution in [0.4, 0.5) is 0 Å². The van der Waals surface area contributed by atoms with Gasteiger partial charge in [-0.1, -0.05) is 31.5 Å². The van der Waals surface area contributed by atoms with Crippen LogP contribution in [0.1, 0.15) is 52.4 Å². The third kappa shape index (κ3) is 5.16. The van der Waals surface area contributed by atoms with Crippen LogP contribution >= 0.6 is 23.5 Å². The van der Waals surface area contributed by atoms with Crippen molar-refractivity contribution in [3.63, 3.8) is 0 Å². The van der Waals surface area contributed by atoms with E-state index in [0.29, 0.717) is 31.4 Å². The number of carboxylic acid groups (broad SMARTS) is 1. The lowest BCUT2D eigenvalue weighted by Crippen LogP contribution is -2.53. The van der Waals surface area contributed by atoms with E-state index in [0.717, 1.165) is 24.6 Å². The molecular weight excluding hydrogens is 376 g/mol. The van der Waals surface area contributed by atoms with E-state index in [4.69, 9.17) is 0 Å². The standard InChI is InChI=1S/C17H26N2O5S2/c1-3-4-5-13(26-10(2)20)15(21)18-11-8-9-25-14-7-6-12(17(23)24)19(14)16(11)22/h11-14H,3-9H2,1-2H3,(H,18,21)(H,23,24). The lowest BCUT2D eigenvalue weighted by molar-refractivity contribution is -0.149. The largest absolute Gasteiger partial charge is 0.480 e. The van der Waals surface area contributed by atoms with E-state index in [1.807, 2.05) is 6.92 Å². The summed E-state index contributed by atoms with van der Waals surface area (Å²) in [5.74, 6) is -0.947. The Morgan fingerprint density at radius 1 is 1.35 bits per heavy atom. The van der Waals surface area contributed by atoms with Crippen LogP contribution in [0.2, 0.25) is 0 Å². The summed E-state index contributed by atoms with van der Waals surface area (Å²) in [6.45, 7) is 3.44. The minimum absolute atomic E-state index is 0.130. The fraction of sp³-hybridized carbons (Fsp3) is 0.765. The van der Waals surface area contributed by atoms with Crippen LogP contribution in [0.3, 0.4) is 0 Å². The molecular formula is C17H26N2O5S2. The summed E-state index contributed by atoms with van der Waals surface area (Å²) in [4.78, 5) is 49.9. The molecule has 4 atom stereocenters. The number of unbranched alkanes of at least 4 members (excludes halogenated alkanes) is 1. The number of carbonyl (C=O) groups is 4. The fourth-order valence-electron chi connectivity index (χ4n) is 3.34. The monoisotopic (exact) mass is 402 g/mol. The maximum atomic E-state index is 12.9. The minimum Gasteiger partial charge on any atom is -0.480 e. The third-order valence-corrected chi connectivity index (χ3v) is 7.01. The van der Waals surface area contributed by atoms with Gasteiger partial charge >= 0.3 is 5.97 Å². The zero-order valence-corrected chi connectivity index (χ0v) is 16.7. The molecule has 146 valence electrons. The molecule has 0 aliphatic carbocycles. The van der Waals surface area contributed by atoms with E-state index in [1.54, 1.807) is 11.8 Å². The number of rotatable bonds is 7. The van der Waals surface area contributed by atoms with E-state index < -0.39 is 23.3 Å². The maximum absolute atomic E-state index is 12.9. The van der Waals surface area contributed by atoms with Crippen molar-refractivity contribution < 1.29 is 24.3 Å². The molecule has 9 heteroatoms. The van der Waals surface area contributed by atoms with Gasteiger partial charge in [0.15, 0.2) is 5.12 Å². The number of carbonyl (C=O) groups excluding carboxylic acids is 3. The molecule has 2 rings (SSSR count). The second kappa shape index (κ2) is 9.64. The van der Waals surface area contributed by atoms with Crippen molar-refractivity contribution >= 4 is 46.4 Å². The Hall–Kier alpha value is -1.22. The van der Waals surface area contributed by atoms with Crippen molar-refractivity contribution in [3.8, 4) is 0 Å². The number of nitrogens with one attached hydrogen (secondary N) is 1. The minimum atomic E-state index is -0.999. The Labute approximate surface area is 162 Å². The van der Waals surface area contributed by atoms with Crippen molar-refractivity contribution in [2.45, 2.75) is 75.1 Å². The molecule has 0 spiro atoms. The second-order valence-corrected chi connectivity index (χ2v) is 9.26. The molecule has 2 amide bonds. The van der Waals surface area contributed by atoms with Gasteiger partial charge in [0.05, 0.1) is 10.6 Å². The third-order valence-electron chi connectivity index (χ3n) is 4.62. The number of thioether (sulfide) groups is 2. The van der Waals surface area contributed by atoms with E-state index in [-0.39, 0.29) is 22.3 Å². The molecule has 0 radical (unpaired) electrons. The molecule has 26 heavy (non-hydrogen) atoms. The van der Waals surface area contributed by atoms with Gasteiger partial charge in [-0.05, 0) is 31.4 Å². The molecule has 0 saturated carbocycles. The molecule has 4 unspecified atom stereocenters. The van der Waals surface area contributed by atoms with Gasteiger partial charge in [0.2, 0.25) is 11.8 Å². The highest BCUT2D eigenvalue weighted by Gasteiger charge is 2.45. The summed E-state index contributed by atoms with van der Waals surface area (Å²) in [6.07, 6.45) is 3.89. The van der Waals surface area contributed by atoms with Crippen LogP contribution < -0.4 is 5.32 Å². The van der Waals surface area contributed by atoms with Gasteiger partial charge in [-0.25, -0.2) is 4.79 Å². The van der Waals surface area contributed by atoms with E-state index in [2.05, 4.69) is 5.32 Å². The number of hydrogen-bond acceptors (Lipinski definition) is 6. The number of amides is 2. The van der Waals surface area contributed by atoms with Gasteiger partial charge < -0.3 is 15.3 Å². The number of aliphatic carboxylic acids is 1. The SMILES string of the molecule is CCCCC(SC(C)=O)C(=O)NC1CCSC2CCC(C(=O)O)N2C1=O. The molecule has 2 fully saturated rings. The number of hydrogen-bond donors (Lipinski definition) is 2. The van der Waals surface area contributed by atoms with Crippen molar-refractivity contribution in [2.24, 2.45) is 0 Å². The van der Waals surface area contributed by atoms with Crippen LogP contribution in [0.25, 0.3) is 0 Å². The fourth-order valence-corrected chi connectivity index (χ4v) is 5.56. The first kappa shape index (κ1) is 21.1. The zero-order valence-electron chi connectivity index (χ0n) is 15.1. The quantitative estimate of drug-likeness (QED) is 0.670. The number of nitrogens with zero attached hydrogens (tertiary/aromatic N) is 1. The van der Waals surface area contributed by atoms with Crippen LogP contribution in [0.15, 0.2) is 0 Å². The Bertz CT molecular complexity index is 571. The predicted molar refractivity (Wildman–Crippen MR) is 102 cm³/mol. The molecule has 2 aliphatic rings. The van der Waals surface area contributed by atoms with E-state index in [1.165, 1.54) is 11.8 Å². The molecule has 2 aliphatic heterocycles. The zero-order chi connectivity index (χ0) is 19.3. The maximum Gasteiger partial charge on any atom is 0.326 e. The van der Waals surface area contributed by atoms with Crippen LogP contribution in [0.5, 0.6) is 0 Å².